The van der Waals surface area contributed by atoms with E-state index in [1.54, 1.807) is 17.4 Å². The van der Waals surface area contributed by atoms with Gasteiger partial charge in [-0.1, -0.05) is 13.0 Å². The Hall–Kier alpha value is -2.70. The van der Waals surface area contributed by atoms with Crippen LogP contribution in [0.25, 0.3) is 17.0 Å². The van der Waals surface area contributed by atoms with Crippen LogP contribution in [0.5, 0.6) is 0 Å². The predicted octanol–water partition coefficient (Wildman–Crippen LogP) is 4.40. The Morgan fingerprint density at radius 3 is 2.76 bits per heavy atom. The maximum absolute atomic E-state index is 12.2. The summed E-state index contributed by atoms with van der Waals surface area (Å²) < 4.78 is 0. The highest BCUT2D eigenvalue weighted by Gasteiger charge is 2.17. The molecule has 150 valence electrons. The van der Waals surface area contributed by atoms with E-state index in [1.807, 2.05) is 41.8 Å². The second-order valence-corrected chi connectivity index (χ2v) is 8.27. The molecule has 29 heavy (non-hydrogen) atoms. The lowest BCUT2D eigenvalue weighted by Crippen LogP contribution is -2.46. The molecule has 2 aromatic heterocycles. The lowest BCUT2D eigenvalue weighted by Gasteiger charge is -2.35. The standard InChI is InChI=1S/C23H26N4OS/c1-3-26-10-12-27(13-11-26)22-15-17(2)20-16-18(6-8-21(20)25-22)24-23(28)9-7-19-5-4-14-29-19/h4-9,14-16H,3,10-13H2,1-2H3,(H,24,28). The van der Waals surface area contributed by atoms with Crippen molar-refractivity contribution in [3.8, 4) is 0 Å². The molecule has 3 heterocycles. The fraction of sp³-hybridized carbons (Fsp3) is 0.304. The summed E-state index contributed by atoms with van der Waals surface area (Å²) in [4.78, 5) is 23.0. The van der Waals surface area contributed by atoms with Crippen molar-refractivity contribution >= 4 is 45.7 Å². The summed E-state index contributed by atoms with van der Waals surface area (Å²) >= 11 is 1.61. The number of carbonyl (C=O) groups excluding carboxylic acids is 1. The van der Waals surface area contributed by atoms with Gasteiger partial charge in [-0.05, 0) is 60.8 Å². The zero-order chi connectivity index (χ0) is 20.2. The molecule has 6 heteroatoms. The van der Waals surface area contributed by atoms with Crippen molar-refractivity contribution in [1.82, 2.24) is 9.88 Å². The van der Waals surface area contributed by atoms with Crippen molar-refractivity contribution in [2.45, 2.75) is 13.8 Å². The molecule has 1 saturated heterocycles. The Balaban J connectivity index is 1.49. The predicted molar refractivity (Wildman–Crippen MR) is 123 cm³/mol. The van der Waals surface area contributed by atoms with Crippen molar-refractivity contribution in [2.75, 3.05) is 42.9 Å². The summed E-state index contributed by atoms with van der Waals surface area (Å²) in [5.74, 6) is 0.912. The number of hydrogen-bond donors (Lipinski definition) is 1. The van der Waals surface area contributed by atoms with Gasteiger partial charge in [0.05, 0.1) is 5.52 Å². The number of thiophene rings is 1. The molecular formula is C23H26N4OS. The molecule has 1 amide bonds. The van der Waals surface area contributed by atoms with Crippen LogP contribution in [-0.2, 0) is 4.79 Å². The van der Waals surface area contributed by atoms with Crippen molar-refractivity contribution in [3.63, 3.8) is 0 Å². The largest absolute Gasteiger partial charge is 0.354 e. The first-order valence-corrected chi connectivity index (χ1v) is 10.9. The van der Waals surface area contributed by atoms with Gasteiger partial charge in [-0.15, -0.1) is 11.3 Å². The first-order valence-electron chi connectivity index (χ1n) is 10.0. The van der Waals surface area contributed by atoms with Gasteiger partial charge in [0.1, 0.15) is 5.82 Å². The number of pyridine rings is 1. The first kappa shape index (κ1) is 19.6. The van der Waals surface area contributed by atoms with Crippen LogP contribution in [0.15, 0.2) is 47.9 Å². The second kappa shape index (κ2) is 8.76. The average molecular weight is 407 g/mol. The highest BCUT2D eigenvalue weighted by atomic mass is 32.1. The third kappa shape index (κ3) is 4.66. The summed E-state index contributed by atoms with van der Waals surface area (Å²) in [5.41, 5.74) is 2.92. The van der Waals surface area contributed by atoms with Gasteiger partial charge in [0.2, 0.25) is 5.91 Å². The smallest absolute Gasteiger partial charge is 0.248 e. The number of rotatable bonds is 5. The molecule has 1 aliphatic rings. The first-order chi connectivity index (χ1) is 14.1. The number of carbonyl (C=O) groups is 1. The fourth-order valence-corrected chi connectivity index (χ4v) is 4.26. The van der Waals surface area contributed by atoms with Crippen molar-refractivity contribution < 1.29 is 4.79 Å². The molecule has 0 atom stereocenters. The normalized spacial score (nSPS) is 15.3. The van der Waals surface area contributed by atoms with Crippen LogP contribution >= 0.6 is 11.3 Å². The van der Waals surface area contributed by atoms with Crippen molar-refractivity contribution in [1.29, 1.82) is 0 Å². The molecule has 5 nitrogen and oxygen atoms in total. The van der Waals surface area contributed by atoms with Gasteiger partial charge < -0.3 is 15.1 Å². The van der Waals surface area contributed by atoms with Crippen LogP contribution in [0, 0.1) is 6.92 Å². The third-order valence-electron chi connectivity index (χ3n) is 5.36. The summed E-state index contributed by atoms with van der Waals surface area (Å²) in [6.07, 6.45) is 3.40. The number of amides is 1. The number of nitrogens with zero attached hydrogens (tertiary/aromatic N) is 3. The number of piperazine rings is 1. The van der Waals surface area contributed by atoms with Gasteiger partial charge in [0.15, 0.2) is 0 Å². The van der Waals surface area contributed by atoms with Crippen LogP contribution in [0.1, 0.15) is 17.4 Å². The molecule has 0 aliphatic carbocycles. The van der Waals surface area contributed by atoms with Crippen LogP contribution in [0.2, 0.25) is 0 Å². The van der Waals surface area contributed by atoms with E-state index >= 15 is 0 Å². The molecule has 1 aliphatic heterocycles. The summed E-state index contributed by atoms with van der Waals surface area (Å²) in [6, 6.07) is 12.0. The number of anilines is 2. The van der Waals surface area contributed by atoms with E-state index in [9.17, 15) is 4.79 Å². The molecule has 4 rings (SSSR count). The molecule has 0 unspecified atom stereocenters. The Bertz CT molecular complexity index is 1020. The molecule has 0 bridgehead atoms. The zero-order valence-electron chi connectivity index (χ0n) is 16.9. The van der Waals surface area contributed by atoms with Crippen LogP contribution < -0.4 is 10.2 Å². The van der Waals surface area contributed by atoms with Gasteiger partial charge >= 0.3 is 0 Å². The van der Waals surface area contributed by atoms with Gasteiger partial charge in [-0.3, -0.25) is 4.79 Å². The van der Waals surface area contributed by atoms with E-state index in [-0.39, 0.29) is 5.91 Å². The summed E-state index contributed by atoms with van der Waals surface area (Å²) in [6.45, 7) is 9.61. The number of nitrogens with one attached hydrogen (secondary N) is 1. The van der Waals surface area contributed by atoms with Gasteiger partial charge in [-0.2, -0.15) is 0 Å². The van der Waals surface area contributed by atoms with Crippen molar-refractivity contribution in [3.05, 3.63) is 58.3 Å². The lowest BCUT2D eigenvalue weighted by molar-refractivity contribution is -0.111. The van der Waals surface area contributed by atoms with E-state index in [2.05, 4.69) is 35.0 Å². The van der Waals surface area contributed by atoms with Gasteiger partial charge in [-0.25, -0.2) is 4.98 Å². The zero-order valence-corrected chi connectivity index (χ0v) is 17.7. The molecule has 0 saturated carbocycles. The Morgan fingerprint density at radius 1 is 1.21 bits per heavy atom. The summed E-state index contributed by atoms with van der Waals surface area (Å²) in [5, 5.41) is 6.01. The number of aromatic nitrogens is 1. The quantitative estimate of drug-likeness (QED) is 0.638. The van der Waals surface area contributed by atoms with E-state index in [1.165, 1.54) is 5.56 Å². The van der Waals surface area contributed by atoms with E-state index in [0.29, 0.717) is 0 Å². The fourth-order valence-electron chi connectivity index (χ4n) is 3.64. The lowest BCUT2D eigenvalue weighted by atomic mass is 10.1. The second-order valence-electron chi connectivity index (χ2n) is 7.29. The van der Waals surface area contributed by atoms with E-state index < -0.39 is 0 Å². The minimum Gasteiger partial charge on any atom is -0.354 e. The number of benzene rings is 1. The highest BCUT2D eigenvalue weighted by Crippen LogP contribution is 2.26. The van der Waals surface area contributed by atoms with Crippen molar-refractivity contribution in [2.24, 2.45) is 0 Å². The maximum Gasteiger partial charge on any atom is 0.248 e. The van der Waals surface area contributed by atoms with Gasteiger partial charge in [0.25, 0.3) is 0 Å². The van der Waals surface area contributed by atoms with Crippen LogP contribution in [0.4, 0.5) is 11.5 Å². The highest BCUT2D eigenvalue weighted by molar-refractivity contribution is 7.10. The minimum atomic E-state index is -0.131. The van der Waals surface area contributed by atoms with E-state index in [4.69, 9.17) is 4.98 Å². The third-order valence-corrected chi connectivity index (χ3v) is 6.19. The minimum absolute atomic E-state index is 0.131. The number of likely N-dealkylation sites (N-methyl/N-ethyl adjacent to an activating group) is 1. The van der Waals surface area contributed by atoms with E-state index in [0.717, 1.165) is 60.0 Å². The maximum atomic E-state index is 12.2. The monoisotopic (exact) mass is 406 g/mol. The Labute approximate surface area is 175 Å². The molecule has 3 aromatic rings. The Kier molecular flexibility index (Phi) is 5.92. The summed E-state index contributed by atoms with van der Waals surface area (Å²) in [7, 11) is 0. The van der Waals surface area contributed by atoms with Crippen LogP contribution in [-0.4, -0.2) is 48.5 Å². The molecular weight excluding hydrogens is 380 g/mol. The SMILES string of the molecule is CCN1CCN(c2cc(C)c3cc(NC(=O)C=Cc4cccs4)ccc3n2)CC1. The molecule has 0 spiro atoms. The molecule has 1 fully saturated rings. The average Bonchev–Trinajstić information content (AvgIpc) is 3.26. The topological polar surface area (TPSA) is 48.5 Å². The Morgan fingerprint density at radius 2 is 2.03 bits per heavy atom. The number of hydrogen-bond acceptors (Lipinski definition) is 5. The number of fused-ring (bicyclic) bond motifs is 1. The molecule has 1 N–H and O–H groups in total. The molecule has 1 aromatic carbocycles. The number of aryl methyl sites for hydroxylation is 1. The van der Waals surface area contributed by atoms with Crippen LogP contribution in [0.3, 0.4) is 0 Å². The molecule has 0 radical (unpaired) electrons. The van der Waals surface area contributed by atoms with Gasteiger partial charge in [0, 0.05) is 48.2 Å².